The summed E-state index contributed by atoms with van der Waals surface area (Å²) < 4.78 is 5.36. The summed E-state index contributed by atoms with van der Waals surface area (Å²) in [6.45, 7) is 3.39. The van der Waals surface area contributed by atoms with Gasteiger partial charge in [0.2, 0.25) is 0 Å². The highest BCUT2D eigenvalue weighted by atomic mass is 16.6. The first-order valence-corrected chi connectivity index (χ1v) is 7.32. The van der Waals surface area contributed by atoms with Crippen LogP contribution in [0.2, 0.25) is 0 Å². The largest absolute Gasteiger partial charge is 0.463 e. The quantitative estimate of drug-likeness (QED) is 0.553. The highest BCUT2D eigenvalue weighted by Gasteiger charge is 2.27. The Morgan fingerprint density at radius 3 is 2.71 bits per heavy atom. The summed E-state index contributed by atoms with van der Waals surface area (Å²) in [6, 6.07) is 8.88. The van der Waals surface area contributed by atoms with Crippen LogP contribution in [0.4, 0.5) is 10.5 Å². The molecule has 0 spiro atoms. The van der Waals surface area contributed by atoms with Crippen LogP contribution in [0.25, 0.3) is 0 Å². The predicted octanol–water partition coefficient (Wildman–Crippen LogP) is 2.20. The van der Waals surface area contributed by atoms with Crippen molar-refractivity contribution in [1.82, 2.24) is 10.6 Å². The third kappa shape index (κ3) is 4.56. The maximum atomic E-state index is 11.8. The van der Waals surface area contributed by atoms with Crippen LogP contribution in [0.15, 0.2) is 40.8 Å². The molecule has 0 saturated heterocycles. The van der Waals surface area contributed by atoms with Gasteiger partial charge in [0.15, 0.2) is 0 Å². The molecule has 1 heterocycles. The molecule has 3 N–H and O–H groups in total. The Morgan fingerprint density at radius 2 is 2.08 bits per heavy atom. The number of nitro benzene ring substituents is 1. The number of aryl methyl sites for hydroxylation is 1. The zero-order chi connectivity index (χ0) is 17.7. The van der Waals surface area contributed by atoms with E-state index in [0.29, 0.717) is 17.1 Å². The molecule has 1 aromatic carbocycles. The Morgan fingerprint density at radius 1 is 1.33 bits per heavy atom. The SMILES string of the molecule is Cc1ccc(C(C)(O)CNC(=O)NCc2cccc([N+](=O)[O-])c2)o1. The van der Waals surface area contributed by atoms with Gasteiger partial charge in [0.1, 0.15) is 17.1 Å². The van der Waals surface area contributed by atoms with Gasteiger partial charge in [-0.25, -0.2) is 4.79 Å². The highest BCUT2D eigenvalue weighted by molar-refractivity contribution is 5.73. The van der Waals surface area contributed by atoms with Crippen molar-refractivity contribution in [3.05, 3.63) is 63.6 Å². The Kier molecular flexibility index (Phi) is 5.20. The van der Waals surface area contributed by atoms with E-state index in [1.807, 2.05) is 0 Å². The molecule has 0 aliphatic rings. The zero-order valence-corrected chi connectivity index (χ0v) is 13.4. The fourth-order valence-electron chi connectivity index (χ4n) is 2.09. The first-order valence-electron chi connectivity index (χ1n) is 7.32. The summed E-state index contributed by atoms with van der Waals surface area (Å²) in [7, 11) is 0. The molecule has 0 bridgehead atoms. The van der Waals surface area contributed by atoms with Crippen LogP contribution in [0.5, 0.6) is 0 Å². The van der Waals surface area contributed by atoms with Crippen molar-refractivity contribution in [1.29, 1.82) is 0 Å². The average Bonchev–Trinajstić information content (AvgIpc) is 2.99. The van der Waals surface area contributed by atoms with Gasteiger partial charge in [-0.15, -0.1) is 0 Å². The van der Waals surface area contributed by atoms with Crippen LogP contribution >= 0.6 is 0 Å². The van der Waals surface area contributed by atoms with Gasteiger partial charge >= 0.3 is 6.03 Å². The Bertz CT molecular complexity index is 739. The topological polar surface area (TPSA) is 118 Å². The van der Waals surface area contributed by atoms with E-state index >= 15 is 0 Å². The number of carbonyl (C=O) groups is 1. The van der Waals surface area contributed by atoms with Crippen molar-refractivity contribution in [2.45, 2.75) is 26.0 Å². The van der Waals surface area contributed by atoms with E-state index in [0.717, 1.165) is 0 Å². The third-order valence-electron chi connectivity index (χ3n) is 3.44. The second-order valence-electron chi connectivity index (χ2n) is 5.65. The average molecular weight is 333 g/mol. The molecule has 2 amide bonds. The van der Waals surface area contributed by atoms with Crippen molar-refractivity contribution < 1.29 is 19.2 Å². The van der Waals surface area contributed by atoms with Gasteiger partial charge in [-0.3, -0.25) is 10.1 Å². The predicted molar refractivity (Wildman–Crippen MR) is 86.4 cm³/mol. The number of benzene rings is 1. The lowest BCUT2D eigenvalue weighted by Crippen LogP contribution is -2.43. The number of hydrogen-bond acceptors (Lipinski definition) is 5. The third-order valence-corrected chi connectivity index (χ3v) is 3.44. The van der Waals surface area contributed by atoms with Crippen molar-refractivity contribution in [3.63, 3.8) is 0 Å². The summed E-state index contributed by atoms with van der Waals surface area (Å²) in [6.07, 6.45) is 0. The minimum absolute atomic E-state index is 0.0363. The number of aliphatic hydroxyl groups is 1. The molecule has 128 valence electrons. The molecule has 0 saturated carbocycles. The lowest BCUT2D eigenvalue weighted by Gasteiger charge is -2.21. The van der Waals surface area contributed by atoms with E-state index in [1.165, 1.54) is 19.1 Å². The van der Waals surface area contributed by atoms with Crippen molar-refractivity contribution in [3.8, 4) is 0 Å². The summed E-state index contributed by atoms with van der Waals surface area (Å²) >= 11 is 0. The lowest BCUT2D eigenvalue weighted by molar-refractivity contribution is -0.384. The van der Waals surface area contributed by atoms with Gasteiger partial charge < -0.3 is 20.2 Å². The maximum Gasteiger partial charge on any atom is 0.315 e. The summed E-state index contributed by atoms with van der Waals surface area (Å²) in [5.41, 5.74) is -0.768. The molecule has 0 aliphatic heterocycles. The molecule has 2 aromatic rings. The molecule has 0 fully saturated rings. The normalized spacial score (nSPS) is 13.1. The molecule has 8 nitrogen and oxygen atoms in total. The molecule has 0 radical (unpaired) electrons. The maximum absolute atomic E-state index is 11.8. The monoisotopic (exact) mass is 333 g/mol. The highest BCUT2D eigenvalue weighted by Crippen LogP contribution is 2.21. The fourth-order valence-corrected chi connectivity index (χ4v) is 2.09. The number of nitrogens with zero attached hydrogens (tertiary/aromatic N) is 1. The van der Waals surface area contributed by atoms with Gasteiger partial charge in [0.25, 0.3) is 5.69 Å². The van der Waals surface area contributed by atoms with Gasteiger partial charge in [0.05, 0.1) is 11.5 Å². The van der Waals surface area contributed by atoms with E-state index in [2.05, 4.69) is 10.6 Å². The number of nitrogens with one attached hydrogen (secondary N) is 2. The van der Waals surface area contributed by atoms with Crippen LogP contribution in [-0.2, 0) is 12.1 Å². The van der Waals surface area contributed by atoms with Crippen LogP contribution in [0, 0.1) is 17.0 Å². The minimum atomic E-state index is -1.34. The van der Waals surface area contributed by atoms with E-state index in [-0.39, 0.29) is 18.8 Å². The second-order valence-corrected chi connectivity index (χ2v) is 5.65. The number of hydrogen-bond donors (Lipinski definition) is 3. The fraction of sp³-hybridized carbons (Fsp3) is 0.312. The number of rotatable bonds is 6. The molecule has 1 atom stereocenters. The first kappa shape index (κ1) is 17.5. The van der Waals surface area contributed by atoms with Gasteiger partial charge in [-0.2, -0.15) is 0 Å². The van der Waals surface area contributed by atoms with Crippen molar-refractivity contribution in [2.24, 2.45) is 0 Å². The number of carbonyl (C=O) groups excluding carboxylic acids is 1. The van der Waals surface area contributed by atoms with E-state index in [4.69, 9.17) is 4.42 Å². The van der Waals surface area contributed by atoms with E-state index < -0.39 is 16.6 Å². The Balaban J connectivity index is 1.85. The molecular formula is C16H19N3O5. The molecule has 1 unspecified atom stereocenters. The first-order chi connectivity index (χ1) is 11.3. The molecule has 0 aliphatic carbocycles. The number of non-ortho nitro benzene ring substituents is 1. The number of urea groups is 1. The van der Waals surface area contributed by atoms with Crippen molar-refractivity contribution >= 4 is 11.7 Å². The number of amides is 2. The van der Waals surface area contributed by atoms with Crippen LogP contribution in [0.3, 0.4) is 0 Å². The molecule has 8 heteroatoms. The van der Waals surface area contributed by atoms with Crippen LogP contribution < -0.4 is 10.6 Å². The lowest BCUT2D eigenvalue weighted by atomic mass is 10.0. The Hall–Kier alpha value is -2.87. The smallest absolute Gasteiger partial charge is 0.315 e. The summed E-state index contributed by atoms with van der Waals surface area (Å²) in [5, 5.41) is 26.2. The van der Waals surface area contributed by atoms with Gasteiger partial charge in [-0.05, 0) is 31.5 Å². The van der Waals surface area contributed by atoms with Crippen LogP contribution in [0.1, 0.15) is 24.0 Å². The van der Waals surface area contributed by atoms with Crippen molar-refractivity contribution in [2.75, 3.05) is 6.54 Å². The molecule has 2 rings (SSSR count). The van der Waals surface area contributed by atoms with Gasteiger partial charge in [0, 0.05) is 18.7 Å². The number of furan rings is 1. The van der Waals surface area contributed by atoms with Crippen LogP contribution in [-0.4, -0.2) is 22.6 Å². The standard InChI is InChI=1S/C16H19N3O5/c1-11-6-7-14(24-11)16(2,21)10-18-15(20)17-9-12-4-3-5-13(8-12)19(22)23/h3-8,21H,9-10H2,1-2H3,(H2,17,18,20). The molecule has 1 aromatic heterocycles. The number of nitro groups is 1. The minimum Gasteiger partial charge on any atom is -0.463 e. The molecule has 24 heavy (non-hydrogen) atoms. The summed E-state index contributed by atoms with van der Waals surface area (Å²) in [4.78, 5) is 22.0. The van der Waals surface area contributed by atoms with E-state index in [9.17, 15) is 20.0 Å². The van der Waals surface area contributed by atoms with E-state index in [1.54, 1.807) is 31.2 Å². The Labute approximate surface area is 138 Å². The summed E-state index contributed by atoms with van der Waals surface area (Å²) in [5.74, 6) is 1.03. The van der Waals surface area contributed by atoms with Gasteiger partial charge in [-0.1, -0.05) is 12.1 Å². The zero-order valence-electron chi connectivity index (χ0n) is 13.4. The second kappa shape index (κ2) is 7.14. The molecular weight excluding hydrogens is 314 g/mol.